The predicted octanol–water partition coefficient (Wildman–Crippen LogP) is 5.20. The van der Waals surface area contributed by atoms with Gasteiger partial charge in [0.2, 0.25) is 5.91 Å². The van der Waals surface area contributed by atoms with Crippen LogP contribution in [0.4, 0.5) is 10.5 Å². The van der Waals surface area contributed by atoms with Crippen LogP contribution in [0.15, 0.2) is 66.7 Å². The molecule has 3 aromatic carbocycles. The molecule has 1 aliphatic rings. The third-order valence-electron chi connectivity index (χ3n) is 6.30. The third kappa shape index (κ3) is 5.04. The van der Waals surface area contributed by atoms with Gasteiger partial charge < -0.3 is 20.5 Å². The smallest absolute Gasteiger partial charge is 0.407 e. The van der Waals surface area contributed by atoms with E-state index in [2.05, 4.69) is 22.8 Å². The van der Waals surface area contributed by atoms with Gasteiger partial charge in [-0.15, -0.1) is 0 Å². The number of aromatic carboxylic acids is 1. The van der Waals surface area contributed by atoms with Crippen molar-refractivity contribution in [3.8, 4) is 11.1 Å². The molecule has 3 N–H and O–H groups in total. The highest BCUT2D eigenvalue weighted by Gasteiger charge is 2.30. The van der Waals surface area contributed by atoms with Crippen LogP contribution in [0.5, 0.6) is 0 Å². The van der Waals surface area contributed by atoms with Gasteiger partial charge in [0.1, 0.15) is 12.6 Å². The molecular formula is C28H28N2O5. The molecule has 180 valence electrons. The first-order valence-electron chi connectivity index (χ1n) is 11.5. The first kappa shape index (κ1) is 24.0. The fourth-order valence-corrected chi connectivity index (χ4v) is 4.45. The van der Waals surface area contributed by atoms with E-state index >= 15 is 0 Å². The second-order valence-corrected chi connectivity index (χ2v) is 9.02. The Morgan fingerprint density at radius 1 is 0.943 bits per heavy atom. The zero-order valence-corrected chi connectivity index (χ0v) is 19.9. The maximum atomic E-state index is 13.0. The molecular weight excluding hydrogens is 444 g/mol. The summed E-state index contributed by atoms with van der Waals surface area (Å²) in [5.41, 5.74) is 5.74. The van der Waals surface area contributed by atoms with Crippen molar-refractivity contribution in [2.24, 2.45) is 5.92 Å². The molecule has 0 saturated carbocycles. The molecule has 0 aromatic heterocycles. The Bertz CT molecular complexity index is 1240. The van der Waals surface area contributed by atoms with E-state index in [9.17, 15) is 14.4 Å². The second kappa shape index (κ2) is 10.0. The lowest BCUT2D eigenvalue weighted by Gasteiger charge is -2.23. The number of hydrogen-bond donors (Lipinski definition) is 3. The Labute approximate surface area is 204 Å². The second-order valence-electron chi connectivity index (χ2n) is 9.02. The molecule has 7 heteroatoms. The summed E-state index contributed by atoms with van der Waals surface area (Å²) in [4.78, 5) is 36.8. The molecule has 0 bridgehead atoms. The number of hydrogen-bond acceptors (Lipinski definition) is 4. The molecule has 1 aliphatic carbocycles. The molecule has 1 atom stereocenters. The summed E-state index contributed by atoms with van der Waals surface area (Å²) >= 11 is 0. The van der Waals surface area contributed by atoms with Crippen molar-refractivity contribution >= 4 is 23.7 Å². The molecule has 4 rings (SSSR count). The lowest BCUT2D eigenvalue weighted by atomic mass is 9.98. The Kier molecular flexibility index (Phi) is 6.87. The van der Waals surface area contributed by atoms with Crippen molar-refractivity contribution < 1.29 is 24.2 Å². The maximum Gasteiger partial charge on any atom is 0.407 e. The van der Waals surface area contributed by atoms with Crippen LogP contribution in [-0.4, -0.2) is 35.7 Å². The molecule has 0 spiro atoms. The number of alkyl carbamates (subject to hydrolysis) is 1. The number of benzene rings is 3. The fraction of sp³-hybridized carbons (Fsp3) is 0.250. The lowest BCUT2D eigenvalue weighted by molar-refractivity contribution is -0.119. The van der Waals surface area contributed by atoms with Gasteiger partial charge in [-0.1, -0.05) is 62.4 Å². The van der Waals surface area contributed by atoms with Gasteiger partial charge in [0.15, 0.2) is 0 Å². The van der Waals surface area contributed by atoms with Crippen molar-refractivity contribution in [1.29, 1.82) is 0 Å². The van der Waals surface area contributed by atoms with Gasteiger partial charge in [-0.2, -0.15) is 0 Å². The molecule has 3 aromatic rings. The molecule has 0 heterocycles. The minimum absolute atomic E-state index is 0.0742. The normalized spacial score (nSPS) is 13.0. The summed E-state index contributed by atoms with van der Waals surface area (Å²) in [5, 5.41) is 14.6. The van der Waals surface area contributed by atoms with E-state index in [4.69, 9.17) is 9.84 Å². The average Bonchev–Trinajstić information content (AvgIpc) is 3.15. The van der Waals surface area contributed by atoms with Crippen molar-refractivity contribution in [3.63, 3.8) is 0 Å². The number of amides is 2. The number of ether oxygens (including phenoxy) is 1. The molecule has 0 unspecified atom stereocenters. The minimum atomic E-state index is -1.04. The van der Waals surface area contributed by atoms with Crippen LogP contribution in [-0.2, 0) is 9.53 Å². The fourth-order valence-electron chi connectivity index (χ4n) is 4.45. The number of anilines is 1. The summed E-state index contributed by atoms with van der Waals surface area (Å²) in [7, 11) is 0. The average molecular weight is 473 g/mol. The van der Waals surface area contributed by atoms with Gasteiger partial charge in [0.25, 0.3) is 0 Å². The first-order valence-corrected chi connectivity index (χ1v) is 11.5. The van der Waals surface area contributed by atoms with Crippen LogP contribution in [0.1, 0.15) is 46.8 Å². The van der Waals surface area contributed by atoms with E-state index in [1.165, 1.54) is 12.1 Å². The summed E-state index contributed by atoms with van der Waals surface area (Å²) in [6, 6.07) is 19.8. The summed E-state index contributed by atoms with van der Waals surface area (Å²) in [5.74, 6) is -1.72. The molecule has 2 amide bonds. The number of carboxylic acids is 1. The zero-order chi connectivity index (χ0) is 25.1. The highest BCUT2D eigenvalue weighted by molar-refractivity contribution is 5.98. The lowest BCUT2D eigenvalue weighted by Crippen LogP contribution is -2.47. The molecule has 0 aliphatic heterocycles. The van der Waals surface area contributed by atoms with Gasteiger partial charge in [-0.3, -0.25) is 4.79 Å². The Morgan fingerprint density at radius 2 is 1.54 bits per heavy atom. The Balaban J connectivity index is 1.42. The first-order chi connectivity index (χ1) is 16.8. The number of fused-ring (bicyclic) bond motifs is 3. The molecule has 0 saturated heterocycles. The monoisotopic (exact) mass is 472 g/mol. The topological polar surface area (TPSA) is 105 Å². The van der Waals surface area contributed by atoms with Crippen LogP contribution in [0.25, 0.3) is 11.1 Å². The minimum Gasteiger partial charge on any atom is -0.478 e. The number of rotatable bonds is 7. The summed E-state index contributed by atoms with van der Waals surface area (Å²) < 4.78 is 5.59. The quantitative estimate of drug-likeness (QED) is 0.439. The van der Waals surface area contributed by atoms with Crippen molar-refractivity contribution in [2.75, 3.05) is 11.9 Å². The van der Waals surface area contributed by atoms with E-state index in [0.29, 0.717) is 11.3 Å². The SMILES string of the molecule is Cc1cc(C(=O)O)ccc1NC(=O)[C@H](NC(=O)OCC1c2ccccc2-c2ccccc21)C(C)C. The van der Waals surface area contributed by atoms with Crippen LogP contribution in [0, 0.1) is 12.8 Å². The van der Waals surface area contributed by atoms with E-state index in [0.717, 1.165) is 22.3 Å². The van der Waals surface area contributed by atoms with Gasteiger partial charge in [0.05, 0.1) is 5.56 Å². The van der Waals surface area contributed by atoms with E-state index in [-0.39, 0.29) is 24.0 Å². The number of carbonyl (C=O) groups excluding carboxylic acids is 2. The van der Waals surface area contributed by atoms with E-state index in [1.807, 2.05) is 50.2 Å². The Morgan fingerprint density at radius 3 is 2.09 bits per heavy atom. The largest absolute Gasteiger partial charge is 0.478 e. The van der Waals surface area contributed by atoms with E-state index < -0.39 is 24.0 Å². The number of aryl methyl sites for hydroxylation is 1. The highest BCUT2D eigenvalue weighted by Crippen LogP contribution is 2.44. The number of carboxylic acid groups (broad SMARTS) is 1. The van der Waals surface area contributed by atoms with Crippen LogP contribution >= 0.6 is 0 Å². The molecule has 35 heavy (non-hydrogen) atoms. The predicted molar refractivity (Wildman–Crippen MR) is 134 cm³/mol. The van der Waals surface area contributed by atoms with E-state index in [1.54, 1.807) is 13.0 Å². The van der Waals surface area contributed by atoms with Gasteiger partial charge in [-0.25, -0.2) is 9.59 Å². The van der Waals surface area contributed by atoms with Crippen molar-refractivity contribution in [1.82, 2.24) is 5.32 Å². The van der Waals surface area contributed by atoms with Crippen LogP contribution in [0.3, 0.4) is 0 Å². The van der Waals surface area contributed by atoms with Crippen molar-refractivity contribution in [3.05, 3.63) is 89.0 Å². The number of nitrogens with one attached hydrogen (secondary N) is 2. The number of carbonyl (C=O) groups is 3. The van der Waals surface area contributed by atoms with Gasteiger partial charge >= 0.3 is 12.1 Å². The zero-order valence-electron chi connectivity index (χ0n) is 19.9. The standard InChI is InChI=1S/C28H28N2O5/c1-16(2)25(26(31)29-24-13-12-18(27(32)33)14-17(24)3)30-28(34)35-15-23-21-10-6-4-8-19(21)20-9-5-7-11-22(20)23/h4-14,16,23,25H,15H2,1-3H3,(H,29,31)(H,30,34)(H,32,33)/t25-/m1/s1. The van der Waals surface area contributed by atoms with Gasteiger partial charge in [0, 0.05) is 11.6 Å². The highest BCUT2D eigenvalue weighted by atomic mass is 16.5. The molecule has 0 fully saturated rings. The molecule has 7 nitrogen and oxygen atoms in total. The molecule has 0 radical (unpaired) electrons. The van der Waals surface area contributed by atoms with Crippen molar-refractivity contribution in [2.45, 2.75) is 32.7 Å². The third-order valence-corrected chi connectivity index (χ3v) is 6.30. The van der Waals surface area contributed by atoms with Crippen LogP contribution in [0.2, 0.25) is 0 Å². The summed E-state index contributed by atoms with van der Waals surface area (Å²) in [6.07, 6.45) is -0.668. The summed E-state index contributed by atoms with van der Waals surface area (Å²) in [6.45, 7) is 5.52. The van der Waals surface area contributed by atoms with Gasteiger partial charge in [-0.05, 0) is 58.9 Å². The van der Waals surface area contributed by atoms with Crippen LogP contribution < -0.4 is 10.6 Å². The Hall–Kier alpha value is -4.13. The maximum absolute atomic E-state index is 13.0.